The Labute approximate surface area is 108 Å². The molecule has 3 heteroatoms. The summed E-state index contributed by atoms with van der Waals surface area (Å²) in [5.74, 6) is 1.72. The van der Waals surface area contributed by atoms with Gasteiger partial charge in [0.1, 0.15) is 5.82 Å². The lowest BCUT2D eigenvalue weighted by molar-refractivity contribution is 0.590. The van der Waals surface area contributed by atoms with E-state index in [1.165, 1.54) is 5.56 Å². The Morgan fingerprint density at radius 3 is 2.61 bits per heavy atom. The van der Waals surface area contributed by atoms with Crippen molar-refractivity contribution in [2.75, 3.05) is 0 Å². The van der Waals surface area contributed by atoms with E-state index in [4.69, 9.17) is 5.26 Å². The number of aromatic nitrogens is 2. The average Bonchev–Trinajstić information content (AvgIpc) is 2.77. The van der Waals surface area contributed by atoms with E-state index in [0.717, 1.165) is 18.8 Å². The van der Waals surface area contributed by atoms with Crippen molar-refractivity contribution in [3.05, 3.63) is 53.6 Å². The van der Waals surface area contributed by atoms with Crippen molar-refractivity contribution in [1.82, 2.24) is 9.55 Å². The highest BCUT2D eigenvalue weighted by Crippen LogP contribution is 2.10. The van der Waals surface area contributed by atoms with Crippen LogP contribution in [0.25, 0.3) is 0 Å². The first-order chi connectivity index (χ1) is 8.69. The van der Waals surface area contributed by atoms with Crippen LogP contribution >= 0.6 is 0 Å². The highest BCUT2D eigenvalue weighted by Gasteiger charge is 2.05. The molecule has 0 saturated heterocycles. The highest BCUT2D eigenvalue weighted by atomic mass is 15.1. The van der Waals surface area contributed by atoms with E-state index in [0.29, 0.717) is 11.5 Å². The first kappa shape index (κ1) is 12.4. The van der Waals surface area contributed by atoms with Crippen LogP contribution < -0.4 is 0 Å². The van der Waals surface area contributed by atoms with E-state index in [2.05, 4.69) is 29.5 Å². The Bertz CT molecular complexity index is 544. The van der Waals surface area contributed by atoms with Gasteiger partial charge in [-0.25, -0.2) is 4.98 Å². The Balaban J connectivity index is 2.13. The van der Waals surface area contributed by atoms with Crippen LogP contribution in [-0.2, 0) is 13.0 Å². The number of nitrogens with zero attached hydrogens (tertiary/aromatic N) is 3. The van der Waals surface area contributed by atoms with Crippen LogP contribution in [0.1, 0.15) is 30.8 Å². The summed E-state index contributed by atoms with van der Waals surface area (Å²) in [6.45, 7) is 5.20. The van der Waals surface area contributed by atoms with Crippen LogP contribution in [0.5, 0.6) is 0 Å². The molecular formula is C15H17N3. The maximum absolute atomic E-state index is 8.76. The summed E-state index contributed by atoms with van der Waals surface area (Å²) < 4.78 is 2.17. The van der Waals surface area contributed by atoms with Crippen LogP contribution in [0.2, 0.25) is 0 Å². The number of benzene rings is 1. The zero-order valence-electron chi connectivity index (χ0n) is 10.8. The molecule has 18 heavy (non-hydrogen) atoms. The molecule has 1 aromatic heterocycles. The lowest BCUT2D eigenvalue weighted by atomic mass is 10.1. The van der Waals surface area contributed by atoms with Gasteiger partial charge in [-0.3, -0.25) is 0 Å². The molecule has 0 fully saturated rings. The molecule has 0 aliphatic rings. The van der Waals surface area contributed by atoms with E-state index in [-0.39, 0.29) is 0 Å². The molecule has 0 aliphatic heterocycles. The highest BCUT2D eigenvalue weighted by molar-refractivity contribution is 5.31. The summed E-state index contributed by atoms with van der Waals surface area (Å²) in [5, 5.41) is 8.76. The van der Waals surface area contributed by atoms with Crippen molar-refractivity contribution < 1.29 is 0 Å². The summed E-state index contributed by atoms with van der Waals surface area (Å²) in [6.07, 6.45) is 4.85. The van der Waals surface area contributed by atoms with Crippen LogP contribution in [-0.4, -0.2) is 9.55 Å². The average molecular weight is 239 g/mol. The molecule has 3 nitrogen and oxygen atoms in total. The maximum atomic E-state index is 8.76. The number of imidazole rings is 1. The van der Waals surface area contributed by atoms with Gasteiger partial charge in [0.15, 0.2) is 0 Å². The quantitative estimate of drug-likeness (QED) is 0.823. The number of rotatable bonds is 4. The Morgan fingerprint density at radius 2 is 2.00 bits per heavy atom. The molecule has 0 amide bonds. The summed E-state index contributed by atoms with van der Waals surface area (Å²) >= 11 is 0. The van der Waals surface area contributed by atoms with Gasteiger partial charge < -0.3 is 4.57 Å². The van der Waals surface area contributed by atoms with Crippen LogP contribution in [0.15, 0.2) is 36.7 Å². The van der Waals surface area contributed by atoms with E-state index in [1.54, 1.807) is 0 Å². The minimum atomic E-state index is 0.604. The molecule has 0 saturated carbocycles. The van der Waals surface area contributed by atoms with Gasteiger partial charge >= 0.3 is 0 Å². The molecular weight excluding hydrogens is 222 g/mol. The second-order valence-electron chi connectivity index (χ2n) is 4.88. The summed E-state index contributed by atoms with van der Waals surface area (Å²) in [4.78, 5) is 4.40. The molecule has 1 heterocycles. The Hall–Kier alpha value is -2.08. The third-order valence-electron chi connectivity index (χ3n) is 2.83. The van der Waals surface area contributed by atoms with Gasteiger partial charge in [-0.1, -0.05) is 26.0 Å². The molecule has 92 valence electrons. The minimum absolute atomic E-state index is 0.604. The third-order valence-corrected chi connectivity index (χ3v) is 2.83. The Kier molecular flexibility index (Phi) is 3.78. The SMILES string of the molecule is CC(C)Cc1nccn1Cc1ccc(C#N)cc1. The van der Waals surface area contributed by atoms with Crippen LogP contribution in [0.3, 0.4) is 0 Å². The summed E-state index contributed by atoms with van der Waals surface area (Å²) in [5.41, 5.74) is 1.89. The molecule has 0 aliphatic carbocycles. The van der Waals surface area contributed by atoms with E-state index in [9.17, 15) is 0 Å². The van der Waals surface area contributed by atoms with E-state index < -0.39 is 0 Å². The minimum Gasteiger partial charge on any atom is -0.331 e. The summed E-state index contributed by atoms with van der Waals surface area (Å²) in [6, 6.07) is 9.84. The summed E-state index contributed by atoms with van der Waals surface area (Å²) in [7, 11) is 0. The maximum Gasteiger partial charge on any atom is 0.109 e. The normalized spacial score (nSPS) is 10.6. The zero-order valence-corrected chi connectivity index (χ0v) is 10.8. The number of nitriles is 1. The van der Waals surface area contributed by atoms with Crippen molar-refractivity contribution in [3.8, 4) is 6.07 Å². The fourth-order valence-electron chi connectivity index (χ4n) is 1.92. The van der Waals surface area contributed by atoms with E-state index in [1.807, 2.05) is 36.7 Å². The third kappa shape index (κ3) is 2.98. The van der Waals surface area contributed by atoms with Gasteiger partial charge in [-0.2, -0.15) is 5.26 Å². The second-order valence-corrected chi connectivity index (χ2v) is 4.88. The molecule has 0 N–H and O–H groups in total. The van der Waals surface area contributed by atoms with E-state index >= 15 is 0 Å². The van der Waals surface area contributed by atoms with Crippen molar-refractivity contribution in [3.63, 3.8) is 0 Å². The first-order valence-corrected chi connectivity index (χ1v) is 6.18. The Morgan fingerprint density at radius 1 is 1.28 bits per heavy atom. The molecule has 0 unspecified atom stereocenters. The molecule has 0 radical (unpaired) electrons. The predicted molar refractivity (Wildman–Crippen MR) is 71.0 cm³/mol. The van der Waals surface area contributed by atoms with Crippen molar-refractivity contribution in [2.45, 2.75) is 26.8 Å². The van der Waals surface area contributed by atoms with Gasteiger partial charge in [-0.05, 0) is 23.6 Å². The standard InChI is InChI=1S/C15H17N3/c1-12(2)9-15-17-7-8-18(15)11-14-5-3-13(10-16)4-6-14/h3-8,12H,9,11H2,1-2H3. The topological polar surface area (TPSA) is 41.6 Å². The lowest BCUT2D eigenvalue weighted by Crippen LogP contribution is -2.07. The number of hydrogen-bond acceptors (Lipinski definition) is 2. The van der Waals surface area contributed by atoms with Gasteiger partial charge in [0.25, 0.3) is 0 Å². The fourth-order valence-corrected chi connectivity index (χ4v) is 1.92. The van der Waals surface area contributed by atoms with Crippen molar-refractivity contribution in [2.24, 2.45) is 5.92 Å². The number of hydrogen-bond donors (Lipinski definition) is 0. The van der Waals surface area contributed by atoms with Crippen molar-refractivity contribution >= 4 is 0 Å². The fraction of sp³-hybridized carbons (Fsp3) is 0.333. The largest absolute Gasteiger partial charge is 0.331 e. The second kappa shape index (κ2) is 5.50. The smallest absolute Gasteiger partial charge is 0.109 e. The lowest BCUT2D eigenvalue weighted by Gasteiger charge is -2.09. The molecule has 1 aromatic carbocycles. The van der Waals surface area contributed by atoms with Crippen LogP contribution in [0.4, 0.5) is 0 Å². The molecule has 0 spiro atoms. The molecule has 0 atom stereocenters. The van der Waals surface area contributed by atoms with Crippen LogP contribution in [0, 0.1) is 17.2 Å². The van der Waals surface area contributed by atoms with Crippen molar-refractivity contribution in [1.29, 1.82) is 5.26 Å². The molecule has 2 rings (SSSR count). The van der Waals surface area contributed by atoms with Gasteiger partial charge in [0.05, 0.1) is 11.6 Å². The molecule has 0 bridgehead atoms. The van der Waals surface area contributed by atoms with Gasteiger partial charge in [0.2, 0.25) is 0 Å². The predicted octanol–water partition coefficient (Wildman–Crippen LogP) is 3.00. The monoisotopic (exact) mass is 239 g/mol. The first-order valence-electron chi connectivity index (χ1n) is 6.18. The molecule has 2 aromatic rings. The zero-order chi connectivity index (χ0) is 13.0. The van der Waals surface area contributed by atoms with Gasteiger partial charge in [0, 0.05) is 25.4 Å². The van der Waals surface area contributed by atoms with Gasteiger partial charge in [-0.15, -0.1) is 0 Å².